The van der Waals surface area contributed by atoms with Crippen LogP contribution in [0.1, 0.15) is 40.6 Å². The van der Waals surface area contributed by atoms with Crippen LogP contribution in [0.25, 0.3) is 0 Å². The summed E-state index contributed by atoms with van der Waals surface area (Å²) in [5.74, 6) is -0.721. The highest BCUT2D eigenvalue weighted by molar-refractivity contribution is 7.10. The molecule has 1 aromatic heterocycles. The Balaban J connectivity index is 1.54. The molecule has 3 amide bonds. The van der Waals surface area contributed by atoms with E-state index >= 15 is 0 Å². The van der Waals surface area contributed by atoms with Crippen LogP contribution < -0.4 is 10.6 Å². The van der Waals surface area contributed by atoms with Crippen LogP contribution in [0.4, 0.5) is 0 Å². The van der Waals surface area contributed by atoms with Gasteiger partial charge in [-0.2, -0.15) is 0 Å². The Morgan fingerprint density at radius 2 is 1.96 bits per heavy atom. The number of carbonyl (C=O) groups excluding carboxylic acids is 3. The molecular formula is C21H25N3O3S. The molecule has 7 heteroatoms. The molecule has 0 aliphatic carbocycles. The van der Waals surface area contributed by atoms with E-state index in [1.54, 1.807) is 35.6 Å². The Morgan fingerprint density at radius 3 is 2.71 bits per heavy atom. The lowest BCUT2D eigenvalue weighted by Crippen LogP contribution is -2.51. The standard InChI is InChI=1S/C21H25N3O3S/c1-2-6-17(21(27)24-11-9-18-16(14-24)10-12-28-18)23-19(25)13-22-20(26)15-7-4-3-5-8-15/h3-5,7-8,10,12,17H,2,6,9,11,13-14H2,1H3,(H,22,26)(H,23,25). The Morgan fingerprint density at radius 1 is 1.18 bits per heavy atom. The second-order valence-corrected chi connectivity index (χ2v) is 7.84. The first-order chi connectivity index (χ1) is 13.6. The number of nitrogens with one attached hydrogen (secondary N) is 2. The van der Waals surface area contributed by atoms with Gasteiger partial charge in [-0.1, -0.05) is 31.5 Å². The van der Waals surface area contributed by atoms with Crippen LogP contribution in [0.3, 0.4) is 0 Å². The first kappa shape index (κ1) is 20.1. The van der Waals surface area contributed by atoms with Gasteiger partial charge in [0, 0.05) is 23.5 Å². The van der Waals surface area contributed by atoms with Crippen LogP contribution in [-0.2, 0) is 22.6 Å². The van der Waals surface area contributed by atoms with Crippen molar-refractivity contribution in [2.45, 2.75) is 38.8 Å². The van der Waals surface area contributed by atoms with Gasteiger partial charge in [-0.3, -0.25) is 14.4 Å². The third kappa shape index (κ3) is 4.98. The first-order valence-electron chi connectivity index (χ1n) is 9.55. The van der Waals surface area contributed by atoms with Crippen molar-refractivity contribution in [2.75, 3.05) is 13.1 Å². The fourth-order valence-electron chi connectivity index (χ4n) is 3.30. The fourth-order valence-corrected chi connectivity index (χ4v) is 4.19. The van der Waals surface area contributed by atoms with E-state index in [1.165, 1.54) is 10.4 Å². The van der Waals surface area contributed by atoms with E-state index in [0.717, 1.165) is 12.8 Å². The first-order valence-corrected chi connectivity index (χ1v) is 10.4. The van der Waals surface area contributed by atoms with E-state index in [-0.39, 0.29) is 24.3 Å². The molecule has 0 saturated heterocycles. The number of hydrogen-bond donors (Lipinski definition) is 2. The maximum Gasteiger partial charge on any atom is 0.251 e. The van der Waals surface area contributed by atoms with Crippen LogP contribution in [0, 0.1) is 0 Å². The van der Waals surface area contributed by atoms with Crippen molar-refractivity contribution in [3.63, 3.8) is 0 Å². The van der Waals surface area contributed by atoms with Crippen molar-refractivity contribution < 1.29 is 14.4 Å². The molecular weight excluding hydrogens is 374 g/mol. The van der Waals surface area contributed by atoms with Crippen molar-refractivity contribution in [3.05, 3.63) is 57.8 Å². The van der Waals surface area contributed by atoms with Gasteiger partial charge in [0.05, 0.1) is 6.54 Å². The Kier molecular flexibility index (Phi) is 6.81. The third-order valence-electron chi connectivity index (χ3n) is 4.78. The lowest BCUT2D eigenvalue weighted by atomic mass is 10.1. The molecule has 1 aliphatic heterocycles. The summed E-state index contributed by atoms with van der Waals surface area (Å²) >= 11 is 1.73. The Hall–Kier alpha value is -2.67. The fraction of sp³-hybridized carbons (Fsp3) is 0.381. The minimum Gasteiger partial charge on any atom is -0.343 e. The zero-order chi connectivity index (χ0) is 19.9. The van der Waals surface area contributed by atoms with Gasteiger partial charge in [0.15, 0.2) is 0 Å². The van der Waals surface area contributed by atoms with Crippen molar-refractivity contribution in [1.82, 2.24) is 15.5 Å². The summed E-state index contributed by atoms with van der Waals surface area (Å²) in [4.78, 5) is 40.5. The van der Waals surface area contributed by atoms with Crippen molar-refractivity contribution in [1.29, 1.82) is 0 Å². The predicted molar refractivity (Wildman–Crippen MR) is 109 cm³/mol. The molecule has 0 radical (unpaired) electrons. The van der Waals surface area contributed by atoms with E-state index in [9.17, 15) is 14.4 Å². The molecule has 0 fully saturated rings. The number of carbonyl (C=O) groups is 3. The number of hydrogen-bond acceptors (Lipinski definition) is 4. The van der Waals surface area contributed by atoms with E-state index in [1.807, 2.05) is 17.9 Å². The summed E-state index contributed by atoms with van der Waals surface area (Å²) in [6, 6.07) is 10.2. The molecule has 6 nitrogen and oxygen atoms in total. The van der Waals surface area contributed by atoms with Gasteiger partial charge >= 0.3 is 0 Å². The van der Waals surface area contributed by atoms with Crippen LogP contribution >= 0.6 is 11.3 Å². The largest absolute Gasteiger partial charge is 0.343 e. The average molecular weight is 400 g/mol. The SMILES string of the molecule is CCCC(NC(=O)CNC(=O)c1ccccc1)C(=O)N1CCc2sccc2C1. The molecule has 2 aromatic rings. The molecule has 0 spiro atoms. The second kappa shape index (κ2) is 9.50. The molecule has 148 valence electrons. The maximum absolute atomic E-state index is 12.9. The minimum absolute atomic E-state index is 0.0542. The smallest absolute Gasteiger partial charge is 0.251 e. The highest BCUT2D eigenvalue weighted by Gasteiger charge is 2.28. The van der Waals surface area contributed by atoms with Gasteiger partial charge in [-0.05, 0) is 42.0 Å². The number of fused-ring (bicyclic) bond motifs is 1. The number of nitrogens with zero attached hydrogens (tertiary/aromatic N) is 1. The van der Waals surface area contributed by atoms with Gasteiger partial charge in [0.2, 0.25) is 11.8 Å². The minimum atomic E-state index is -0.564. The van der Waals surface area contributed by atoms with Crippen LogP contribution in [0.5, 0.6) is 0 Å². The molecule has 28 heavy (non-hydrogen) atoms. The summed E-state index contributed by atoms with van der Waals surface area (Å²) in [5.41, 5.74) is 1.69. The lowest BCUT2D eigenvalue weighted by Gasteiger charge is -2.31. The topological polar surface area (TPSA) is 78.5 Å². The quantitative estimate of drug-likeness (QED) is 0.750. The molecule has 1 unspecified atom stereocenters. The average Bonchev–Trinajstić information content (AvgIpc) is 3.19. The molecule has 1 atom stereocenters. The van der Waals surface area contributed by atoms with Crippen molar-refractivity contribution >= 4 is 29.1 Å². The maximum atomic E-state index is 12.9. The zero-order valence-corrected chi connectivity index (χ0v) is 16.8. The summed E-state index contributed by atoms with van der Waals surface area (Å²) in [6.07, 6.45) is 2.22. The highest BCUT2D eigenvalue weighted by Crippen LogP contribution is 2.24. The Bertz CT molecular complexity index is 834. The van der Waals surface area contributed by atoms with Gasteiger partial charge < -0.3 is 15.5 Å². The molecule has 3 rings (SSSR count). The third-order valence-corrected chi connectivity index (χ3v) is 5.80. The molecule has 1 aromatic carbocycles. The lowest BCUT2D eigenvalue weighted by molar-refractivity contribution is -0.137. The van der Waals surface area contributed by atoms with Crippen LogP contribution in [0.15, 0.2) is 41.8 Å². The Labute approximate surface area is 168 Å². The summed E-state index contributed by atoms with van der Waals surface area (Å²) in [7, 11) is 0. The van der Waals surface area contributed by atoms with E-state index in [0.29, 0.717) is 25.1 Å². The second-order valence-electron chi connectivity index (χ2n) is 6.84. The molecule has 2 heterocycles. The molecule has 1 aliphatic rings. The van der Waals surface area contributed by atoms with Crippen molar-refractivity contribution in [2.24, 2.45) is 0 Å². The monoisotopic (exact) mass is 399 g/mol. The van der Waals surface area contributed by atoms with E-state index in [4.69, 9.17) is 0 Å². The number of amides is 3. The van der Waals surface area contributed by atoms with Gasteiger partial charge in [0.1, 0.15) is 6.04 Å². The van der Waals surface area contributed by atoms with Gasteiger partial charge in [0.25, 0.3) is 5.91 Å². The molecule has 2 N–H and O–H groups in total. The van der Waals surface area contributed by atoms with Crippen molar-refractivity contribution in [3.8, 4) is 0 Å². The summed E-state index contributed by atoms with van der Waals surface area (Å²) < 4.78 is 0. The van der Waals surface area contributed by atoms with Gasteiger partial charge in [-0.15, -0.1) is 11.3 Å². The summed E-state index contributed by atoms with van der Waals surface area (Å²) in [5, 5.41) is 7.45. The predicted octanol–water partition coefficient (Wildman–Crippen LogP) is 2.35. The van der Waals surface area contributed by atoms with Crippen LogP contribution in [-0.4, -0.2) is 41.8 Å². The zero-order valence-electron chi connectivity index (χ0n) is 15.9. The number of benzene rings is 1. The van der Waals surface area contributed by atoms with Crippen LogP contribution in [0.2, 0.25) is 0 Å². The molecule has 0 saturated carbocycles. The van der Waals surface area contributed by atoms with Gasteiger partial charge in [-0.25, -0.2) is 0 Å². The normalized spacial score (nSPS) is 14.1. The van der Waals surface area contributed by atoms with E-state index in [2.05, 4.69) is 22.1 Å². The number of rotatable bonds is 7. The molecule has 0 bridgehead atoms. The van der Waals surface area contributed by atoms with E-state index < -0.39 is 6.04 Å². The highest BCUT2D eigenvalue weighted by atomic mass is 32.1. The summed E-state index contributed by atoms with van der Waals surface area (Å²) in [6.45, 7) is 3.10. The number of thiophene rings is 1.